The Balaban J connectivity index is 1.69. The molecule has 0 saturated carbocycles. The minimum Gasteiger partial charge on any atom is -0.493 e. The van der Waals surface area contributed by atoms with Crippen LogP contribution in [0.25, 0.3) is 0 Å². The fourth-order valence-electron chi connectivity index (χ4n) is 5.25. The van der Waals surface area contributed by atoms with Crippen molar-refractivity contribution in [1.29, 1.82) is 0 Å². The van der Waals surface area contributed by atoms with Crippen LogP contribution in [-0.4, -0.2) is 55.5 Å². The average Bonchev–Trinajstić information content (AvgIpc) is 3.33. The molecule has 0 aliphatic carbocycles. The van der Waals surface area contributed by atoms with Gasteiger partial charge in [-0.1, -0.05) is 18.2 Å². The number of nitrogens with zero attached hydrogens (tertiary/aromatic N) is 2. The van der Waals surface area contributed by atoms with E-state index in [1.807, 2.05) is 46.2 Å². The van der Waals surface area contributed by atoms with E-state index in [9.17, 15) is 9.59 Å². The highest BCUT2D eigenvalue weighted by atomic mass is 16.5. The number of carbonyl (C=O) groups is 2. The van der Waals surface area contributed by atoms with E-state index in [0.717, 1.165) is 49.0 Å². The van der Waals surface area contributed by atoms with Crippen molar-refractivity contribution in [3.63, 3.8) is 0 Å². The fourth-order valence-corrected chi connectivity index (χ4v) is 5.25. The van der Waals surface area contributed by atoms with Gasteiger partial charge in [-0.15, -0.1) is 0 Å². The third-order valence-electron chi connectivity index (χ3n) is 6.71. The molecular formula is C24H26N2O4. The van der Waals surface area contributed by atoms with E-state index >= 15 is 0 Å². The lowest BCUT2D eigenvalue weighted by Gasteiger charge is -2.46. The molecule has 30 heavy (non-hydrogen) atoms. The van der Waals surface area contributed by atoms with Crippen molar-refractivity contribution in [2.24, 2.45) is 0 Å². The first-order chi connectivity index (χ1) is 14.6. The summed E-state index contributed by atoms with van der Waals surface area (Å²) in [6, 6.07) is 11.2. The van der Waals surface area contributed by atoms with E-state index in [1.165, 1.54) is 0 Å². The van der Waals surface area contributed by atoms with E-state index in [2.05, 4.69) is 0 Å². The zero-order valence-corrected chi connectivity index (χ0v) is 17.4. The molecule has 3 aliphatic rings. The zero-order chi connectivity index (χ0) is 20.8. The van der Waals surface area contributed by atoms with Gasteiger partial charge in [0.05, 0.1) is 26.2 Å². The van der Waals surface area contributed by atoms with E-state index in [0.29, 0.717) is 23.6 Å². The van der Waals surface area contributed by atoms with Gasteiger partial charge in [0.1, 0.15) is 0 Å². The van der Waals surface area contributed by atoms with Gasteiger partial charge in [-0.25, -0.2) is 0 Å². The summed E-state index contributed by atoms with van der Waals surface area (Å²) in [7, 11) is 3.23. The number of amides is 2. The van der Waals surface area contributed by atoms with Gasteiger partial charge < -0.3 is 19.3 Å². The highest BCUT2D eigenvalue weighted by Crippen LogP contribution is 2.49. The second-order valence-electron chi connectivity index (χ2n) is 8.20. The first kappa shape index (κ1) is 19.0. The summed E-state index contributed by atoms with van der Waals surface area (Å²) in [4.78, 5) is 31.0. The average molecular weight is 406 g/mol. The summed E-state index contributed by atoms with van der Waals surface area (Å²) in [6.45, 7) is 2.16. The van der Waals surface area contributed by atoms with Gasteiger partial charge in [0, 0.05) is 25.2 Å². The number of benzene rings is 2. The minimum atomic E-state index is -0.408. The van der Waals surface area contributed by atoms with Crippen LogP contribution < -0.4 is 9.47 Å². The van der Waals surface area contributed by atoms with Crippen molar-refractivity contribution in [2.75, 3.05) is 33.9 Å². The molecule has 1 fully saturated rings. The highest BCUT2D eigenvalue weighted by Gasteiger charge is 2.47. The first-order valence-electron chi connectivity index (χ1n) is 10.6. The highest BCUT2D eigenvalue weighted by molar-refractivity contribution is 6.01. The second-order valence-corrected chi connectivity index (χ2v) is 8.20. The van der Waals surface area contributed by atoms with Gasteiger partial charge in [0.25, 0.3) is 5.91 Å². The van der Waals surface area contributed by atoms with Gasteiger partial charge >= 0.3 is 0 Å². The number of hydrogen-bond donors (Lipinski definition) is 0. The monoisotopic (exact) mass is 406 g/mol. The van der Waals surface area contributed by atoms with Crippen molar-refractivity contribution in [2.45, 2.75) is 31.2 Å². The lowest BCUT2D eigenvalue weighted by molar-refractivity contribution is -0.133. The maximum atomic E-state index is 13.7. The lowest BCUT2D eigenvalue weighted by atomic mass is 9.75. The standard InChI is InChI=1S/C24H26N2O4/c1-29-19-13-15-9-12-26-22(18(15)14-20(19)30-2)21(24(28)25-10-5-6-11-25)16-7-3-4-8-17(16)23(26)27/h3-4,7-8,13-14,21-22H,5-6,9-12H2,1-2H3/t21-,22-/m1/s1. The van der Waals surface area contributed by atoms with E-state index in [4.69, 9.17) is 9.47 Å². The molecular weight excluding hydrogens is 380 g/mol. The van der Waals surface area contributed by atoms with Crippen LogP contribution in [0.5, 0.6) is 11.5 Å². The van der Waals surface area contributed by atoms with Crippen molar-refractivity contribution in [3.8, 4) is 11.5 Å². The Labute approximate surface area is 176 Å². The number of likely N-dealkylation sites (tertiary alicyclic amines) is 1. The molecule has 2 atom stereocenters. The van der Waals surface area contributed by atoms with Gasteiger partial charge in [-0.3, -0.25) is 9.59 Å². The minimum absolute atomic E-state index is 0.00140. The number of ether oxygens (including phenoxy) is 2. The van der Waals surface area contributed by atoms with Crippen molar-refractivity contribution in [3.05, 3.63) is 58.7 Å². The molecule has 2 aromatic rings. The van der Waals surface area contributed by atoms with Crippen molar-refractivity contribution >= 4 is 11.8 Å². The van der Waals surface area contributed by atoms with Gasteiger partial charge in [0.15, 0.2) is 11.5 Å². The summed E-state index contributed by atoms with van der Waals surface area (Å²) >= 11 is 0. The Bertz CT molecular complexity index is 1010. The first-order valence-corrected chi connectivity index (χ1v) is 10.6. The third-order valence-corrected chi connectivity index (χ3v) is 6.71. The smallest absolute Gasteiger partial charge is 0.254 e. The largest absolute Gasteiger partial charge is 0.493 e. The number of rotatable bonds is 3. The summed E-state index contributed by atoms with van der Waals surface area (Å²) in [5.41, 5.74) is 3.58. The van der Waals surface area contributed by atoms with E-state index in [-0.39, 0.29) is 17.9 Å². The Hall–Kier alpha value is -3.02. The van der Waals surface area contributed by atoms with Crippen LogP contribution in [0.4, 0.5) is 0 Å². The summed E-state index contributed by atoms with van der Waals surface area (Å²) in [5, 5.41) is 0. The van der Waals surface area contributed by atoms with Crippen LogP contribution in [0.15, 0.2) is 36.4 Å². The van der Waals surface area contributed by atoms with Crippen LogP contribution in [0.2, 0.25) is 0 Å². The molecule has 2 amide bonds. The molecule has 0 N–H and O–H groups in total. The Kier molecular flexibility index (Phi) is 4.65. The zero-order valence-electron chi connectivity index (χ0n) is 17.4. The number of carbonyl (C=O) groups excluding carboxylic acids is 2. The predicted molar refractivity (Wildman–Crippen MR) is 112 cm³/mol. The Morgan fingerprint density at radius 3 is 2.40 bits per heavy atom. The molecule has 3 heterocycles. The molecule has 1 saturated heterocycles. The topological polar surface area (TPSA) is 59.1 Å². The molecule has 5 rings (SSSR count). The van der Waals surface area contributed by atoms with Crippen LogP contribution in [0.3, 0.4) is 0 Å². The number of fused-ring (bicyclic) bond motifs is 4. The molecule has 0 radical (unpaired) electrons. The fraction of sp³-hybridized carbons (Fsp3) is 0.417. The number of methoxy groups -OCH3 is 2. The Morgan fingerprint density at radius 2 is 1.67 bits per heavy atom. The molecule has 0 bridgehead atoms. The van der Waals surface area contributed by atoms with Crippen LogP contribution in [0.1, 0.15) is 51.8 Å². The molecule has 0 spiro atoms. The molecule has 2 aromatic carbocycles. The summed E-state index contributed by atoms with van der Waals surface area (Å²) < 4.78 is 11.0. The maximum Gasteiger partial charge on any atom is 0.254 e. The molecule has 156 valence electrons. The SMILES string of the molecule is COc1cc2c(cc1OC)[C@@H]1[C@H](C(=O)N3CCCC3)c3ccccc3C(=O)N1CC2. The maximum absolute atomic E-state index is 13.7. The molecule has 3 aliphatic heterocycles. The van der Waals surface area contributed by atoms with E-state index in [1.54, 1.807) is 14.2 Å². The van der Waals surface area contributed by atoms with Crippen LogP contribution in [0, 0.1) is 0 Å². The molecule has 0 aromatic heterocycles. The normalized spacial score (nSPS) is 22.3. The summed E-state index contributed by atoms with van der Waals surface area (Å²) in [5.74, 6) is 1.01. The molecule has 6 heteroatoms. The van der Waals surface area contributed by atoms with Gasteiger partial charge in [-0.05, 0) is 54.2 Å². The Morgan fingerprint density at radius 1 is 0.967 bits per heavy atom. The molecule has 6 nitrogen and oxygen atoms in total. The number of hydrogen-bond acceptors (Lipinski definition) is 4. The summed E-state index contributed by atoms with van der Waals surface area (Å²) in [6.07, 6.45) is 2.80. The molecule has 0 unspecified atom stereocenters. The third kappa shape index (κ3) is 2.77. The van der Waals surface area contributed by atoms with Crippen molar-refractivity contribution < 1.29 is 19.1 Å². The van der Waals surface area contributed by atoms with Crippen LogP contribution >= 0.6 is 0 Å². The quantitative estimate of drug-likeness (QED) is 0.786. The van der Waals surface area contributed by atoms with Gasteiger partial charge in [-0.2, -0.15) is 0 Å². The van der Waals surface area contributed by atoms with Crippen LogP contribution in [-0.2, 0) is 11.2 Å². The van der Waals surface area contributed by atoms with E-state index < -0.39 is 5.92 Å². The van der Waals surface area contributed by atoms with Gasteiger partial charge in [0.2, 0.25) is 5.91 Å². The second kappa shape index (κ2) is 7.35. The lowest BCUT2D eigenvalue weighted by Crippen LogP contribution is -2.50. The predicted octanol–water partition coefficient (Wildman–Crippen LogP) is 3.16. The van der Waals surface area contributed by atoms with Crippen molar-refractivity contribution in [1.82, 2.24) is 9.80 Å².